The van der Waals surface area contributed by atoms with Crippen molar-refractivity contribution in [2.24, 2.45) is 0 Å². The van der Waals surface area contributed by atoms with E-state index in [0.29, 0.717) is 18.2 Å². The summed E-state index contributed by atoms with van der Waals surface area (Å²) in [5.74, 6) is -2.92. The van der Waals surface area contributed by atoms with E-state index in [2.05, 4.69) is 30.7 Å². The van der Waals surface area contributed by atoms with Crippen LogP contribution in [0.25, 0.3) is 0 Å². The Balaban J connectivity index is 1.44. The molecule has 0 radical (unpaired) electrons. The topological polar surface area (TPSA) is 103 Å². The van der Waals surface area contributed by atoms with E-state index in [1.165, 1.54) is 17.2 Å². The lowest BCUT2D eigenvalue weighted by Gasteiger charge is -2.35. The van der Waals surface area contributed by atoms with E-state index in [0.717, 1.165) is 18.7 Å². The van der Waals surface area contributed by atoms with E-state index in [-0.39, 0.29) is 18.2 Å². The van der Waals surface area contributed by atoms with Gasteiger partial charge in [-0.15, -0.1) is 5.10 Å². The summed E-state index contributed by atoms with van der Waals surface area (Å²) in [6.07, 6.45) is 1.88. The van der Waals surface area contributed by atoms with E-state index in [9.17, 15) is 18.4 Å². The fraction of sp³-hybridized carbons (Fsp3) is 0.389. The maximum absolute atomic E-state index is 13.1. The van der Waals surface area contributed by atoms with Crippen LogP contribution in [0.5, 0.6) is 0 Å². The van der Waals surface area contributed by atoms with E-state index in [4.69, 9.17) is 0 Å². The molecular formula is C18H17F2N7O2. The van der Waals surface area contributed by atoms with Gasteiger partial charge in [-0.2, -0.15) is 5.10 Å². The van der Waals surface area contributed by atoms with Crippen LogP contribution in [0.4, 0.5) is 30.9 Å². The quantitative estimate of drug-likeness (QED) is 0.811. The van der Waals surface area contributed by atoms with Crippen molar-refractivity contribution >= 4 is 29.3 Å². The van der Waals surface area contributed by atoms with Gasteiger partial charge in [0.05, 0.1) is 17.8 Å². The monoisotopic (exact) mass is 401 g/mol. The van der Waals surface area contributed by atoms with Crippen LogP contribution in [-0.4, -0.2) is 58.2 Å². The van der Waals surface area contributed by atoms with Crippen molar-refractivity contribution in [3.05, 3.63) is 36.2 Å². The molecule has 29 heavy (non-hydrogen) atoms. The predicted octanol–water partition coefficient (Wildman–Crippen LogP) is 1.64. The largest absolute Gasteiger partial charge is 0.366 e. The van der Waals surface area contributed by atoms with Gasteiger partial charge in [-0.1, -0.05) is 0 Å². The number of hydrogen-bond acceptors (Lipinski definition) is 6. The molecular weight excluding hydrogens is 384 g/mol. The van der Waals surface area contributed by atoms with Gasteiger partial charge in [-0.3, -0.25) is 15.0 Å². The summed E-state index contributed by atoms with van der Waals surface area (Å²) in [5, 5.41) is 12.6. The number of urea groups is 1. The lowest BCUT2D eigenvalue weighted by Crippen LogP contribution is -2.48. The van der Waals surface area contributed by atoms with Crippen molar-refractivity contribution in [2.45, 2.75) is 30.8 Å². The average Bonchev–Trinajstić information content (AvgIpc) is 3.09. The Kier molecular flexibility index (Phi) is 3.86. The van der Waals surface area contributed by atoms with Gasteiger partial charge in [0, 0.05) is 25.7 Å². The van der Waals surface area contributed by atoms with Gasteiger partial charge in [0.25, 0.3) is 11.8 Å². The number of nitrogens with zero attached hydrogens (tertiary/aromatic N) is 5. The van der Waals surface area contributed by atoms with Gasteiger partial charge in [0.1, 0.15) is 5.69 Å². The molecule has 1 saturated carbocycles. The van der Waals surface area contributed by atoms with Crippen LogP contribution < -0.4 is 20.4 Å². The van der Waals surface area contributed by atoms with Crippen LogP contribution in [0.15, 0.2) is 30.5 Å². The van der Waals surface area contributed by atoms with Crippen LogP contribution in [0, 0.1) is 0 Å². The maximum atomic E-state index is 13.1. The second kappa shape index (κ2) is 6.33. The summed E-state index contributed by atoms with van der Waals surface area (Å²) in [6, 6.07) is 4.75. The van der Waals surface area contributed by atoms with Gasteiger partial charge < -0.3 is 10.2 Å². The minimum absolute atomic E-state index is 0.00810. The van der Waals surface area contributed by atoms with Crippen LogP contribution in [0.3, 0.4) is 0 Å². The van der Waals surface area contributed by atoms with Crippen molar-refractivity contribution in [3.63, 3.8) is 0 Å². The SMILES string of the molecule is O=C(NC1CC1(F)F)c1ccc2c(n1)N(C(=O)Nc1cccnn1)[C@H]1CCN2C1. The number of amides is 3. The molecule has 5 rings (SSSR count). The van der Waals surface area contributed by atoms with Crippen LogP contribution in [-0.2, 0) is 0 Å². The van der Waals surface area contributed by atoms with Crippen LogP contribution in [0.2, 0.25) is 0 Å². The third-order valence-electron chi connectivity index (χ3n) is 5.34. The molecule has 3 amide bonds. The highest BCUT2D eigenvalue weighted by molar-refractivity contribution is 6.05. The number of rotatable bonds is 3. The fourth-order valence-electron chi connectivity index (χ4n) is 3.74. The molecule has 150 valence electrons. The third-order valence-corrected chi connectivity index (χ3v) is 5.34. The number of carbonyl (C=O) groups excluding carboxylic acids is 2. The normalized spacial score (nSPS) is 23.4. The van der Waals surface area contributed by atoms with Crippen molar-refractivity contribution in [1.82, 2.24) is 20.5 Å². The predicted molar refractivity (Wildman–Crippen MR) is 99.2 cm³/mol. The van der Waals surface area contributed by atoms with Gasteiger partial charge in [0.2, 0.25) is 0 Å². The minimum Gasteiger partial charge on any atom is -0.366 e. The number of fused-ring (bicyclic) bond motifs is 4. The number of pyridine rings is 1. The van der Waals surface area contributed by atoms with E-state index < -0.39 is 23.9 Å². The molecule has 1 unspecified atom stereocenters. The fourth-order valence-corrected chi connectivity index (χ4v) is 3.74. The van der Waals surface area contributed by atoms with E-state index in [1.807, 2.05) is 0 Å². The summed E-state index contributed by atoms with van der Waals surface area (Å²) in [5.41, 5.74) is 0.715. The number of nitrogens with one attached hydrogen (secondary N) is 2. The highest BCUT2D eigenvalue weighted by Crippen LogP contribution is 2.42. The third kappa shape index (κ3) is 3.12. The first-order valence-corrected chi connectivity index (χ1v) is 9.25. The van der Waals surface area contributed by atoms with E-state index in [1.54, 1.807) is 18.2 Å². The van der Waals surface area contributed by atoms with Gasteiger partial charge in [0.15, 0.2) is 11.6 Å². The minimum atomic E-state index is -2.86. The van der Waals surface area contributed by atoms with Crippen molar-refractivity contribution in [2.75, 3.05) is 28.2 Å². The molecule has 2 fully saturated rings. The Morgan fingerprint density at radius 1 is 1.24 bits per heavy atom. The first-order chi connectivity index (χ1) is 13.9. The van der Waals surface area contributed by atoms with Crippen molar-refractivity contribution in [3.8, 4) is 0 Å². The van der Waals surface area contributed by atoms with Gasteiger partial charge in [-0.25, -0.2) is 18.6 Å². The Morgan fingerprint density at radius 2 is 2.07 bits per heavy atom. The molecule has 0 spiro atoms. The Labute approximate surface area is 164 Å². The van der Waals surface area contributed by atoms with Crippen LogP contribution in [0.1, 0.15) is 23.3 Å². The molecule has 1 saturated heterocycles. The molecule has 11 heteroatoms. The second-order valence-corrected chi connectivity index (χ2v) is 7.33. The number of alkyl halides is 2. The van der Waals surface area contributed by atoms with Gasteiger partial charge >= 0.3 is 6.03 Å². The molecule has 1 aliphatic carbocycles. The van der Waals surface area contributed by atoms with Crippen molar-refractivity contribution in [1.29, 1.82) is 0 Å². The number of hydrogen-bond donors (Lipinski definition) is 2. The molecule has 2 atom stereocenters. The molecule has 2 aliphatic heterocycles. The molecule has 9 nitrogen and oxygen atoms in total. The zero-order valence-electron chi connectivity index (χ0n) is 15.2. The Hall–Kier alpha value is -3.37. The second-order valence-electron chi connectivity index (χ2n) is 7.33. The van der Waals surface area contributed by atoms with Crippen molar-refractivity contribution < 1.29 is 18.4 Å². The number of halogens is 2. The summed E-state index contributed by atoms with van der Waals surface area (Å²) >= 11 is 0. The molecule has 2 aromatic heterocycles. The summed E-state index contributed by atoms with van der Waals surface area (Å²) in [7, 11) is 0. The highest BCUT2D eigenvalue weighted by Gasteiger charge is 2.58. The van der Waals surface area contributed by atoms with E-state index >= 15 is 0 Å². The maximum Gasteiger partial charge on any atom is 0.329 e. The van der Waals surface area contributed by atoms with Gasteiger partial charge in [-0.05, 0) is 30.7 Å². The first kappa shape index (κ1) is 17.7. The number of anilines is 3. The molecule has 3 aliphatic rings. The molecule has 4 heterocycles. The lowest BCUT2D eigenvalue weighted by molar-refractivity contribution is 0.0845. The Bertz CT molecular complexity index is 987. The highest BCUT2D eigenvalue weighted by atomic mass is 19.3. The standard InChI is InChI=1S/C18H17F2N7O2/c19-18(20)8-13(18)23-16(28)11-3-4-12-15(22-11)27(10-5-7-26(12)9-10)17(29)24-14-2-1-6-21-25-14/h1-4,6,10,13H,5,7-9H2,(H,23,28)(H,24,25,29)/t10-,13?/m0/s1. The summed E-state index contributed by atoms with van der Waals surface area (Å²) in [4.78, 5) is 33.3. The molecule has 2 bridgehead atoms. The smallest absolute Gasteiger partial charge is 0.329 e. The number of carbonyl (C=O) groups is 2. The first-order valence-electron chi connectivity index (χ1n) is 9.25. The molecule has 2 N–H and O–H groups in total. The summed E-state index contributed by atoms with van der Waals surface area (Å²) in [6.45, 7) is 1.41. The summed E-state index contributed by atoms with van der Waals surface area (Å²) < 4.78 is 26.2. The van der Waals surface area contributed by atoms with Crippen LogP contribution >= 0.6 is 0 Å². The Morgan fingerprint density at radius 3 is 2.79 bits per heavy atom. The average molecular weight is 401 g/mol. The zero-order valence-corrected chi connectivity index (χ0v) is 15.2. The number of aromatic nitrogens is 3. The molecule has 0 aromatic carbocycles. The zero-order chi connectivity index (χ0) is 20.2. The molecule has 2 aromatic rings. The lowest BCUT2D eigenvalue weighted by atomic mass is 10.1.